The highest BCUT2D eigenvalue weighted by molar-refractivity contribution is 5.80. The number of morpholine rings is 1. The minimum Gasteiger partial charge on any atom is -0.378 e. The Labute approximate surface area is 140 Å². The van der Waals surface area contributed by atoms with Crippen molar-refractivity contribution >= 4 is 11.6 Å². The molecule has 2 N–H and O–H groups in total. The van der Waals surface area contributed by atoms with Gasteiger partial charge in [0.1, 0.15) is 0 Å². The molecular formula is C18H30N4O. The van der Waals surface area contributed by atoms with E-state index in [9.17, 15) is 0 Å². The lowest BCUT2D eigenvalue weighted by Crippen LogP contribution is -2.42. The van der Waals surface area contributed by atoms with E-state index in [0.29, 0.717) is 12.6 Å². The fourth-order valence-corrected chi connectivity index (χ4v) is 2.58. The molecule has 1 heterocycles. The van der Waals surface area contributed by atoms with E-state index in [1.807, 2.05) is 0 Å². The highest BCUT2D eigenvalue weighted by atomic mass is 16.5. The van der Waals surface area contributed by atoms with E-state index in [0.717, 1.165) is 45.2 Å². The lowest BCUT2D eigenvalue weighted by Gasteiger charge is -2.30. The van der Waals surface area contributed by atoms with Gasteiger partial charge >= 0.3 is 0 Å². The number of benzene rings is 1. The van der Waals surface area contributed by atoms with E-state index < -0.39 is 0 Å². The molecular weight excluding hydrogens is 288 g/mol. The molecule has 1 aromatic rings. The van der Waals surface area contributed by atoms with Gasteiger partial charge < -0.3 is 20.3 Å². The molecule has 2 rings (SSSR count). The summed E-state index contributed by atoms with van der Waals surface area (Å²) in [6.07, 6.45) is 1.08. The topological polar surface area (TPSA) is 48.9 Å². The summed E-state index contributed by atoms with van der Waals surface area (Å²) in [5.74, 6) is 0.888. The van der Waals surface area contributed by atoms with Crippen molar-refractivity contribution < 1.29 is 4.74 Å². The number of aliphatic imine (C=N–C) groups is 1. The van der Waals surface area contributed by atoms with Crippen molar-refractivity contribution in [3.63, 3.8) is 0 Å². The average Bonchev–Trinajstić information content (AvgIpc) is 2.60. The third kappa shape index (κ3) is 5.43. The molecule has 1 atom stereocenters. The van der Waals surface area contributed by atoms with Crippen LogP contribution >= 0.6 is 0 Å². The maximum absolute atomic E-state index is 5.46. The molecule has 1 aromatic carbocycles. The van der Waals surface area contributed by atoms with Crippen LogP contribution in [0.3, 0.4) is 0 Å². The molecule has 5 nitrogen and oxygen atoms in total. The molecule has 5 heteroatoms. The van der Waals surface area contributed by atoms with Gasteiger partial charge in [-0.3, -0.25) is 0 Å². The SMILES string of the molecule is CCNC(=NCc1ccccc1N1CCOCC1)NC(C)CC. The maximum atomic E-state index is 5.46. The number of rotatable bonds is 6. The van der Waals surface area contributed by atoms with Crippen molar-refractivity contribution in [2.45, 2.75) is 39.8 Å². The number of hydrogen-bond acceptors (Lipinski definition) is 3. The van der Waals surface area contributed by atoms with Gasteiger partial charge in [-0.05, 0) is 31.9 Å². The molecule has 1 fully saturated rings. The molecule has 0 aromatic heterocycles. The summed E-state index contributed by atoms with van der Waals surface area (Å²) in [4.78, 5) is 7.16. The van der Waals surface area contributed by atoms with E-state index in [-0.39, 0.29) is 0 Å². The fraction of sp³-hybridized carbons (Fsp3) is 0.611. The second-order valence-electron chi connectivity index (χ2n) is 5.88. The second-order valence-corrected chi connectivity index (χ2v) is 5.88. The largest absolute Gasteiger partial charge is 0.378 e. The molecule has 0 spiro atoms. The van der Waals surface area contributed by atoms with Crippen LogP contribution in [0.2, 0.25) is 0 Å². The number of hydrogen-bond donors (Lipinski definition) is 2. The van der Waals surface area contributed by atoms with Crippen molar-refractivity contribution in [2.75, 3.05) is 37.7 Å². The van der Waals surface area contributed by atoms with E-state index in [1.165, 1.54) is 11.3 Å². The van der Waals surface area contributed by atoms with Gasteiger partial charge in [0, 0.05) is 31.4 Å². The van der Waals surface area contributed by atoms with E-state index in [1.54, 1.807) is 0 Å². The van der Waals surface area contributed by atoms with Crippen LogP contribution in [0.5, 0.6) is 0 Å². The number of ether oxygens (including phenoxy) is 1. The predicted molar refractivity (Wildman–Crippen MR) is 97.2 cm³/mol. The Kier molecular flexibility index (Phi) is 7.20. The molecule has 23 heavy (non-hydrogen) atoms. The normalized spacial score (nSPS) is 17.0. The molecule has 0 aliphatic carbocycles. The Bertz CT molecular complexity index is 498. The van der Waals surface area contributed by atoms with E-state index in [4.69, 9.17) is 9.73 Å². The molecule has 1 aliphatic heterocycles. The summed E-state index contributed by atoms with van der Waals surface area (Å²) < 4.78 is 5.46. The summed E-state index contributed by atoms with van der Waals surface area (Å²) >= 11 is 0. The zero-order chi connectivity index (χ0) is 16.5. The third-order valence-electron chi connectivity index (χ3n) is 4.09. The fourth-order valence-electron chi connectivity index (χ4n) is 2.58. The summed E-state index contributed by atoms with van der Waals surface area (Å²) in [5.41, 5.74) is 2.54. The standard InChI is InChI=1S/C18H30N4O/c1-4-15(3)21-18(19-5-2)20-14-16-8-6-7-9-17(16)22-10-12-23-13-11-22/h6-9,15H,4-5,10-14H2,1-3H3,(H2,19,20,21). The summed E-state index contributed by atoms with van der Waals surface area (Å²) in [5, 5.41) is 6.76. The summed E-state index contributed by atoms with van der Waals surface area (Å²) in [6, 6.07) is 8.96. The first-order valence-electron chi connectivity index (χ1n) is 8.70. The molecule has 1 saturated heterocycles. The van der Waals surface area contributed by atoms with Crippen LogP contribution in [0.4, 0.5) is 5.69 Å². The molecule has 128 valence electrons. The molecule has 0 saturated carbocycles. The Hall–Kier alpha value is -1.75. The summed E-state index contributed by atoms with van der Waals surface area (Å²) in [7, 11) is 0. The first-order chi connectivity index (χ1) is 11.2. The van der Waals surface area contributed by atoms with Crippen molar-refractivity contribution in [2.24, 2.45) is 4.99 Å². The Morgan fingerprint density at radius 3 is 2.70 bits per heavy atom. The van der Waals surface area contributed by atoms with Gasteiger partial charge in [-0.1, -0.05) is 25.1 Å². The van der Waals surface area contributed by atoms with Crippen LogP contribution in [0.1, 0.15) is 32.8 Å². The number of guanidine groups is 1. The van der Waals surface area contributed by atoms with Gasteiger partial charge in [0.15, 0.2) is 5.96 Å². The first-order valence-corrected chi connectivity index (χ1v) is 8.70. The van der Waals surface area contributed by atoms with Crippen molar-refractivity contribution in [3.8, 4) is 0 Å². The lowest BCUT2D eigenvalue weighted by molar-refractivity contribution is 0.122. The van der Waals surface area contributed by atoms with Gasteiger partial charge in [0.2, 0.25) is 0 Å². The van der Waals surface area contributed by atoms with Gasteiger partial charge in [0.25, 0.3) is 0 Å². The smallest absolute Gasteiger partial charge is 0.191 e. The van der Waals surface area contributed by atoms with Crippen molar-refractivity contribution in [3.05, 3.63) is 29.8 Å². The van der Waals surface area contributed by atoms with Crippen LogP contribution in [0, 0.1) is 0 Å². The Morgan fingerprint density at radius 2 is 2.00 bits per heavy atom. The highest BCUT2D eigenvalue weighted by Gasteiger charge is 2.14. The maximum Gasteiger partial charge on any atom is 0.191 e. The van der Waals surface area contributed by atoms with Crippen molar-refractivity contribution in [1.82, 2.24) is 10.6 Å². The number of nitrogens with zero attached hydrogens (tertiary/aromatic N) is 2. The van der Waals surface area contributed by atoms with Crippen molar-refractivity contribution in [1.29, 1.82) is 0 Å². The number of anilines is 1. The molecule has 1 unspecified atom stereocenters. The molecule has 0 radical (unpaired) electrons. The lowest BCUT2D eigenvalue weighted by atomic mass is 10.1. The van der Waals surface area contributed by atoms with Crippen LogP contribution in [-0.4, -0.2) is 44.8 Å². The number of nitrogens with one attached hydrogen (secondary N) is 2. The molecule has 0 amide bonds. The van der Waals surface area contributed by atoms with Gasteiger partial charge in [0.05, 0.1) is 19.8 Å². The highest BCUT2D eigenvalue weighted by Crippen LogP contribution is 2.22. The van der Waals surface area contributed by atoms with Gasteiger partial charge in [-0.25, -0.2) is 4.99 Å². The minimum atomic E-state index is 0.419. The van der Waals surface area contributed by atoms with Crippen LogP contribution in [0.15, 0.2) is 29.3 Å². The van der Waals surface area contributed by atoms with Crippen LogP contribution in [-0.2, 0) is 11.3 Å². The molecule has 0 bridgehead atoms. The molecule has 1 aliphatic rings. The van der Waals surface area contributed by atoms with Crippen LogP contribution in [0.25, 0.3) is 0 Å². The monoisotopic (exact) mass is 318 g/mol. The quantitative estimate of drug-likeness (QED) is 0.624. The summed E-state index contributed by atoms with van der Waals surface area (Å²) in [6.45, 7) is 11.5. The second kappa shape index (κ2) is 9.40. The first kappa shape index (κ1) is 17.6. The number of para-hydroxylation sites is 1. The zero-order valence-corrected chi connectivity index (χ0v) is 14.6. The third-order valence-corrected chi connectivity index (χ3v) is 4.09. The van der Waals surface area contributed by atoms with Gasteiger partial charge in [-0.15, -0.1) is 0 Å². The minimum absolute atomic E-state index is 0.419. The van der Waals surface area contributed by atoms with E-state index in [2.05, 4.69) is 60.6 Å². The van der Waals surface area contributed by atoms with E-state index >= 15 is 0 Å². The predicted octanol–water partition coefficient (Wildman–Crippen LogP) is 2.38. The van der Waals surface area contributed by atoms with Crippen LogP contribution < -0.4 is 15.5 Å². The Morgan fingerprint density at radius 1 is 1.26 bits per heavy atom. The zero-order valence-electron chi connectivity index (χ0n) is 14.6. The van der Waals surface area contributed by atoms with Gasteiger partial charge in [-0.2, -0.15) is 0 Å². The Balaban J connectivity index is 2.09. The average molecular weight is 318 g/mol.